The van der Waals surface area contributed by atoms with E-state index in [-0.39, 0.29) is 12.5 Å². The molecule has 1 aliphatic carbocycles. The van der Waals surface area contributed by atoms with Crippen LogP contribution in [0.25, 0.3) is 0 Å². The molecular weight excluding hydrogens is 352 g/mol. The number of rotatable bonds is 8. The lowest BCUT2D eigenvalue weighted by molar-refractivity contribution is 0.145. The van der Waals surface area contributed by atoms with Crippen molar-refractivity contribution in [3.05, 3.63) is 59.7 Å². The summed E-state index contributed by atoms with van der Waals surface area (Å²) in [4.78, 5) is 4.27. The molecule has 0 radical (unpaired) electrons. The van der Waals surface area contributed by atoms with Gasteiger partial charge in [0.05, 0.1) is 12.8 Å². The minimum atomic E-state index is 0.220. The summed E-state index contributed by atoms with van der Waals surface area (Å²) >= 11 is 0. The van der Waals surface area contributed by atoms with Gasteiger partial charge >= 0.3 is 0 Å². The molecule has 150 valence electrons. The van der Waals surface area contributed by atoms with Crippen LogP contribution in [-0.2, 0) is 6.54 Å². The highest BCUT2D eigenvalue weighted by molar-refractivity contribution is 5.61. The third-order valence-corrected chi connectivity index (χ3v) is 5.56. The molecule has 3 rings (SSSR count). The Hall–Kier alpha value is -2.41. The third-order valence-electron chi connectivity index (χ3n) is 5.56. The van der Waals surface area contributed by atoms with Crippen LogP contribution in [0.4, 0.5) is 5.69 Å². The van der Waals surface area contributed by atoms with Gasteiger partial charge < -0.3 is 20.6 Å². The summed E-state index contributed by atoms with van der Waals surface area (Å²) in [5.41, 5.74) is 5.57. The number of benzene rings is 2. The molecule has 0 bridgehead atoms. The van der Waals surface area contributed by atoms with E-state index in [0.29, 0.717) is 18.5 Å². The summed E-state index contributed by atoms with van der Waals surface area (Å²) in [5, 5.41) is 13.7. The van der Waals surface area contributed by atoms with Crippen LogP contribution in [0.3, 0.4) is 0 Å². The van der Waals surface area contributed by atoms with E-state index in [1.54, 1.807) is 7.11 Å². The molecule has 1 saturated carbocycles. The zero-order chi connectivity index (χ0) is 19.8. The Morgan fingerprint density at radius 1 is 1.21 bits per heavy atom. The monoisotopic (exact) mass is 382 g/mol. The fourth-order valence-electron chi connectivity index (χ4n) is 4.24. The van der Waals surface area contributed by atoms with Crippen molar-refractivity contribution < 1.29 is 9.84 Å². The molecule has 0 saturated heterocycles. The van der Waals surface area contributed by atoms with Crippen LogP contribution in [0.2, 0.25) is 0 Å². The molecule has 0 unspecified atom stereocenters. The topological polar surface area (TPSA) is 91.9 Å². The van der Waals surface area contributed by atoms with Gasteiger partial charge in [-0.3, -0.25) is 0 Å². The van der Waals surface area contributed by atoms with Crippen molar-refractivity contribution >= 4 is 12.0 Å². The van der Waals surface area contributed by atoms with Gasteiger partial charge in [-0.15, -0.1) is 0 Å². The van der Waals surface area contributed by atoms with Crippen molar-refractivity contribution in [1.82, 2.24) is 10.7 Å². The van der Waals surface area contributed by atoms with Crippen molar-refractivity contribution in [2.45, 2.75) is 37.8 Å². The molecule has 1 fully saturated rings. The number of nitrogens with zero attached hydrogens (tertiary/aromatic N) is 1. The lowest BCUT2D eigenvalue weighted by Crippen LogP contribution is -2.42. The Labute approximate surface area is 166 Å². The Kier molecular flexibility index (Phi) is 7.42. The van der Waals surface area contributed by atoms with Gasteiger partial charge in [-0.25, -0.2) is 10.8 Å². The van der Waals surface area contributed by atoms with Gasteiger partial charge in [0, 0.05) is 30.7 Å². The first-order valence-corrected chi connectivity index (χ1v) is 9.81. The first kappa shape index (κ1) is 20.3. The summed E-state index contributed by atoms with van der Waals surface area (Å²) in [6, 6.07) is 16.6. The average Bonchev–Trinajstić information content (AvgIpc) is 2.76. The number of aliphatic imine (C=N–C) groups is 1. The highest BCUT2D eigenvalue weighted by atomic mass is 16.5. The zero-order valence-electron chi connectivity index (χ0n) is 16.3. The average molecular weight is 383 g/mol. The van der Waals surface area contributed by atoms with Gasteiger partial charge in [-0.1, -0.05) is 36.8 Å². The molecule has 5 N–H and O–H groups in total. The number of hydrazine groups is 1. The third kappa shape index (κ3) is 4.90. The Morgan fingerprint density at radius 2 is 2.04 bits per heavy atom. The fourth-order valence-corrected chi connectivity index (χ4v) is 4.24. The van der Waals surface area contributed by atoms with Crippen LogP contribution in [0.1, 0.15) is 36.3 Å². The maximum atomic E-state index is 9.95. The normalized spacial score (nSPS) is 22.3. The van der Waals surface area contributed by atoms with Crippen LogP contribution in [-0.4, -0.2) is 31.2 Å². The number of nitrogens with one attached hydrogen (secondary N) is 2. The van der Waals surface area contributed by atoms with Crippen LogP contribution >= 0.6 is 0 Å². The number of ether oxygens (including phenoxy) is 1. The van der Waals surface area contributed by atoms with Crippen molar-refractivity contribution in [1.29, 1.82) is 0 Å². The maximum Gasteiger partial charge on any atom is 0.123 e. The van der Waals surface area contributed by atoms with Crippen molar-refractivity contribution in [3.8, 4) is 5.75 Å². The summed E-state index contributed by atoms with van der Waals surface area (Å²) in [5.74, 6) is 6.68. The standard InChI is InChI=1S/C22H30N4O2/c1-28-21-11-10-19(25-15-26-23)12-18(21)13-24-20-9-5-8-17(14-27)22(20)16-6-3-2-4-7-16/h2-4,6-7,10-12,15,17,20,22,24,27H,5,8-9,13-14,23H2,1H3,(H,25,26)/t17-,20-,22-/m1/s1. The molecule has 1 aliphatic rings. The largest absolute Gasteiger partial charge is 0.496 e. The number of hydrogen-bond acceptors (Lipinski definition) is 5. The number of nitrogens with two attached hydrogens (primary N) is 1. The molecule has 6 heteroatoms. The van der Waals surface area contributed by atoms with E-state index in [1.807, 2.05) is 24.3 Å². The highest BCUT2D eigenvalue weighted by Gasteiger charge is 2.33. The summed E-state index contributed by atoms with van der Waals surface area (Å²) in [7, 11) is 1.68. The van der Waals surface area contributed by atoms with Gasteiger partial charge in [0.25, 0.3) is 0 Å². The summed E-state index contributed by atoms with van der Waals surface area (Å²) in [6.07, 6.45) is 4.73. The molecule has 0 amide bonds. The predicted molar refractivity (Wildman–Crippen MR) is 113 cm³/mol. The Balaban J connectivity index is 1.79. The fraction of sp³-hybridized carbons (Fsp3) is 0.409. The lowest BCUT2D eigenvalue weighted by Gasteiger charge is -2.38. The molecule has 2 aromatic rings. The van der Waals surface area contributed by atoms with E-state index in [0.717, 1.165) is 36.3 Å². The van der Waals surface area contributed by atoms with Crippen LogP contribution in [0, 0.1) is 5.92 Å². The molecule has 28 heavy (non-hydrogen) atoms. The van der Waals surface area contributed by atoms with E-state index in [1.165, 1.54) is 11.9 Å². The van der Waals surface area contributed by atoms with E-state index in [9.17, 15) is 5.11 Å². The van der Waals surface area contributed by atoms with Crippen molar-refractivity contribution in [2.24, 2.45) is 16.8 Å². The Bertz CT molecular complexity index is 766. The minimum absolute atomic E-state index is 0.220. The molecule has 0 aliphatic heterocycles. The number of methoxy groups -OCH3 is 1. The second-order valence-electron chi connectivity index (χ2n) is 7.22. The molecule has 0 heterocycles. The molecule has 3 atom stereocenters. The quantitative estimate of drug-likeness (QED) is 0.244. The summed E-state index contributed by atoms with van der Waals surface area (Å²) < 4.78 is 5.53. The highest BCUT2D eigenvalue weighted by Crippen LogP contribution is 2.38. The van der Waals surface area contributed by atoms with Gasteiger partial charge in [0.2, 0.25) is 0 Å². The minimum Gasteiger partial charge on any atom is -0.496 e. The number of aliphatic hydroxyl groups excluding tert-OH is 1. The van der Waals surface area contributed by atoms with Gasteiger partial charge in [-0.2, -0.15) is 0 Å². The summed E-state index contributed by atoms with van der Waals surface area (Å²) in [6.45, 7) is 0.895. The van der Waals surface area contributed by atoms with Gasteiger partial charge in [0.1, 0.15) is 12.1 Å². The van der Waals surface area contributed by atoms with E-state index in [4.69, 9.17) is 10.6 Å². The second kappa shape index (κ2) is 10.2. The Morgan fingerprint density at radius 3 is 2.75 bits per heavy atom. The number of hydrogen-bond donors (Lipinski definition) is 4. The molecule has 2 aromatic carbocycles. The number of aliphatic hydroxyl groups is 1. The lowest BCUT2D eigenvalue weighted by atomic mass is 9.72. The SMILES string of the molecule is COc1ccc(N=CNN)cc1CN[C@@H]1CCC[C@H](CO)[C@H]1c1ccccc1. The van der Waals surface area contributed by atoms with E-state index in [2.05, 4.69) is 40.0 Å². The van der Waals surface area contributed by atoms with Crippen molar-refractivity contribution in [2.75, 3.05) is 13.7 Å². The van der Waals surface area contributed by atoms with Crippen molar-refractivity contribution in [3.63, 3.8) is 0 Å². The van der Waals surface area contributed by atoms with Crippen LogP contribution in [0.5, 0.6) is 5.75 Å². The van der Waals surface area contributed by atoms with Crippen LogP contribution in [0.15, 0.2) is 53.5 Å². The second-order valence-corrected chi connectivity index (χ2v) is 7.22. The molecule has 0 aromatic heterocycles. The van der Waals surface area contributed by atoms with E-state index < -0.39 is 0 Å². The van der Waals surface area contributed by atoms with Gasteiger partial charge in [0.15, 0.2) is 0 Å². The maximum absolute atomic E-state index is 9.95. The first-order valence-electron chi connectivity index (χ1n) is 9.81. The zero-order valence-corrected chi connectivity index (χ0v) is 16.3. The van der Waals surface area contributed by atoms with Gasteiger partial charge in [-0.05, 0) is 42.5 Å². The predicted octanol–water partition coefficient (Wildman–Crippen LogP) is 2.85. The van der Waals surface area contributed by atoms with E-state index >= 15 is 0 Å². The smallest absolute Gasteiger partial charge is 0.123 e. The molecule has 0 spiro atoms. The molecular formula is C22H30N4O2. The van der Waals surface area contributed by atoms with Crippen LogP contribution < -0.4 is 21.3 Å². The molecule has 6 nitrogen and oxygen atoms in total. The first-order chi connectivity index (χ1) is 13.8.